The largest absolute Gasteiger partial charge is 0.495 e. The minimum absolute atomic E-state index is 0. The minimum atomic E-state index is -4.29. The molecule has 0 bridgehead atoms. The first-order chi connectivity index (χ1) is 10.5. The van der Waals surface area contributed by atoms with Crippen LogP contribution < -0.4 is 9.47 Å². The fraction of sp³-hybridized carbons (Fsp3) is 0.125. The summed E-state index contributed by atoms with van der Waals surface area (Å²) < 4.78 is 43.0. The number of benzene rings is 3. The maximum absolute atomic E-state index is 11.4. The highest BCUT2D eigenvalue weighted by Crippen LogP contribution is 2.42. The van der Waals surface area contributed by atoms with Gasteiger partial charge in [-0.15, -0.1) is 24.0 Å². The van der Waals surface area contributed by atoms with Crippen LogP contribution in [0.3, 0.4) is 0 Å². The van der Waals surface area contributed by atoms with Gasteiger partial charge in [0.15, 0.2) is 0 Å². The van der Waals surface area contributed by atoms with Crippen LogP contribution in [0.25, 0.3) is 21.5 Å². The van der Waals surface area contributed by atoms with E-state index in [1.807, 2.05) is 24.3 Å². The van der Waals surface area contributed by atoms with Crippen molar-refractivity contribution in [2.24, 2.45) is 0 Å². The van der Waals surface area contributed by atoms with Crippen molar-refractivity contribution in [1.29, 1.82) is 0 Å². The van der Waals surface area contributed by atoms with Crippen LogP contribution in [0.4, 0.5) is 0 Å². The third kappa shape index (κ3) is 2.96. The summed E-state index contributed by atoms with van der Waals surface area (Å²) in [5, 5.41) is 2.95. The van der Waals surface area contributed by atoms with Crippen molar-refractivity contribution in [3.05, 3.63) is 42.5 Å². The molecule has 0 saturated heterocycles. The second kappa shape index (κ2) is 6.50. The summed E-state index contributed by atoms with van der Waals surface area (Å²) >= 11 is 0. The zero-order valence-corrected chi connectivity index (χ0v) is 15.6. The van der Waals surface area contributed by atoms with Crippen molar-refractivity contribution in [3.8, 4) is 11.5 Å². The van der Waals surface area contributed by atoms with E-state index in [0.717, 1.165) is 10.8 Å². The Morgan fingerprint density at radius 2 is 1.30 bits per heavy atom. The van der Waals surface area contributed by atoms with Gasteiger partial charge < -0.3 is 9.47 Å². The van der Waals surface area contributed by atoms with E-state index in [2.05, 4.69) is 0 Å². The van der Waals surface area contributed by atoms with E-state index in [0.29, 0.717) is 22.3 Å². The SMILES string of the molecule is COc1c2ccccc2c(OC)c2cc(S(=O)(=O)O)ccc12.I. The first-order valence-electron chi connectivity index (χ1n) is 6.51. The number of ether oxygens (including phenoxy) is 2. The van der Waals surface area contributed by atoms with Crippen molar-refractivity contribution >= 4 is 55.6 Å². The van der Waals surface area contributed by atoms with Crippen LogP contribution in [0.1, 0.15) is 0 Å². The molecular weight excluding hydrogens is 431 g/mol. The van der Waals surface area contributed by atoms with Crippen LogP contribution >= 0.6 is 24.0 Å². The first kappa shape index (κ1) is 17.8. The normalized spacial score (nSPS) is 11.3. The average Bonchev–Trinajstić information content (AvgIpc) is 2.51. The molecule has 0 aliphatic carbocycles. The number of fused-ring (bicyclic) bond motifs is 2. The Hall–Kier alpha value is -1.58. The summed E-state index contributed by atoms with van der Waals surface area (Å²) in [7, 11) is -1.21. The van der Waals surface area contributed by atoms with E-state index in [-0.39, 0.29) is 28.9 Å². The molecule has 0 atom stereocenters. The molecule has 0 spiro atoms. The molecular formula is C16H15IO5S. The molecule has 122 valence electrons. The molecule has 3 aromatic rings. The maximum atomic E-state index is 11.4. The standard InChI is InChI=1S/C16H14O5S.HI/c1-20-15-11-5-3-4-6-12(11)16(21-2)14-9-10(22(17,18)19)7-8-13(14)15;/h3-9H,1-2H3,(H,17,18,19);1H. The molecule has 0 radical (unpaired) electrons. The minimum Gasteiger partial charge on any atom is -0.495 e. The second-order valence-electron chi connectivity index (χ2n) is 4.79. The van der Waals surface area contributed by atoms with Crippen molar-refractivity contribution in [3.63, 3.8) is 0 Å². The number of hydrogen-bond donors (Lipinski definition) is 1. The molecule has 0 fully saturated rings. The maximum Gasteiger partial charge on any atom is 0.294 e. The molecule has 0 aliphatic heterocycles. The highest BCUT2D eigenvalue weighted by Gasteiger charge is 2.18. The van der Waals surface area contributed by atoms with E-state index in [4.69, 9.17) is 9.47 Å². The van der Waals surface area contributed by atoms with Crippen LogP contribution in [-0.4, -0.2) is 27.2 Å². The van der Waals surface area contributed by atoms with Gasteiger partial charge in [-0.05, 0) is 18.2 Å². The Kier molecular flexibility index (Phi) is 5.02. The summed E-state index contributed by atoms with van der Waals surface area (Å²) in [6, 6.07) is 11.9. The van der Waals surface area contributed by atoms with E-state index in [1.165, 1.54) is 19.2 Å². The molecule has 5 nitrogen and oxygen atoms in total. The van der Waals surface area contributed by atoms with Gasteiger partial charge in [-0.1, -0.05) is 24.3 Å². The lowest BCUT2D eigenvalue weighted by Crippen LogP contribution is -1.99. The molecule has 0 saturated carbocycles. The third-order valence-electron chi connectivity index (χ3n) is 3.60. The Bertz CT molecular complexity index is 983. The van der Waals surface area contributed by atoms with Gasteiger partial charge in [0.2, 0.25) is 0 Å². The molecule has 3 rings (SSSR count). The van der Waals surface area contributed by atoms with E-state index in [9.17, 15) is 13.0 Å². The van der Waals surface area contributed by atoms with E-state index in [1.54, 1.807) is 13.2 Å². The van der Waals surface area contributed by atoms with Crippen molar-refractivity contribution < 1.29 is 22.4 Å². The lowest BCUT2D eigenvalue weighted by Gasteiger charge is -2.15. The van der Waals surface area contributed by atoms with E-state index >= 15 is 0 Å². The summed E-state index contributed by atoms with van der Waals surface area (Å²) in [5.41, 5.74) is 0. The molecule has 0 aromatic heterocycles. The highest BCUT2D eigenvalue weighted by atomic mass is 127. The van der Waals surface area contributed by atoms with Gasteiger partial charge in [0.1, 0.15) is 11.5 Å². The zero-order valence-electron chi connectivity index (χ0n) is 12.4. The molecule has 0 aliphatic rings. The van der Waals surface area contributed by atoms with Gasteiger partial charge in [-0.3, -0.25) is 4.55 Å². The fourth-order valence-electron chi connectivity index (χ4n) is 2.68. The summed E-state index contributed by atoms with van der Waals surface area (Å²) in [5.74, 6) is 1.17. The molecule has 1 N–H and O–H groups in total. The Morgan fingerprint density at radius 1 is 0.826 bits per heavy atom. The smallest absolute Gasteiger partial charge is 0.294 e. The van der Waals surface area contributed by atoms with Gasteiger partial charge in [0.05, 0.1) is 19.1 Å². The Balaban J connectivity index is 0.00000192. The lowest BCUT2D eigenvalue weighted by molar-refractivity contribution is 0.417. The Morgan fingerprint density at radius 3 is 1.78 bits per heavy atom. The van der Waals surface area contributed by atoms with Gasteiger partial charge >= 0.3 is 0 Å². The quantitative estimate of drug-likeness (QED) is 0.376. The molecule has 23 heavy (non-hydrogen) atoms. The second-order valence-corrected chi connectivity index (χ2v) is 6.22. The van der Waals surface area contributed by atoms with Crippen LogP contribution in [0, 0.1) is 0 Å². The predicted molar refractivity (Wildman–Crippen MR) is 99.8 cm³/mol. The summed E-state index contributed by atoms with van der Waals surface area (Å²) in [4.78, 5) is -0.185. The first-order valence-corrected chi connectivity index (χ1v) is 7.95. The van der Waals surface area contributed by atoms with Gasteiger partial charge in [-0.25, -0.2) is 0 Å². The molecule has 0 unspecified atom stereocenters. The fourth-order valence-corrected chi connectivity index (χ4v) is 3.19. The van der Waals surface area contributed by atoms with Crippen LogP contribution in [-0.2, 0) is 10.1 Å². The van der Waals surface area contributed by atoms with Crippen molar-refractivity contribution in [2.45, 2.75) is 4.90 Å². The van der Waals surface area contributed by atoms with Crippen molar-refractivity contribution in [1.82, 2.24) is 0 Å². The lowest BCUT2D eigenvalue weighted by atomic mass is 10.0. The molecule has 0 heterocycles. The number of methoxy groups -OCH3 is 2. The monoisotopic (exact) mass is 446 g/mol. The number of halogens is 1. The highest BCUT2D eigenvalue weighted by molar-refractivity contribution is 14.0. The summed E-state index contributed by atoms with van der Waals surface area (Å²) in [6.45, 7) is 0. The average molecular weight is 446 g/mol. The summed E-state index contributed by atoms with van der Waals surface area (Å²) in [6.07, 6.45) is 0. The topological polar surface area (TPSA) is 72.8 Å². The molecule has 3 aromatic carbocycles. The molecule has 7 heteroatoms. The van der Waals surface area contributed by atoms with Crippen LogP contribution in [0.15, 0.2) is 47.4 Å². The third-order valence-corrected chi connectivity index (χ3v) is 4.45. The Labute approximate surface area is 151 Å². The van der Waals surface area contributed by atoms with Gasteiger partial charge in [0, 0.05) is 21.5 Å². The number of hydrogen-bond acceptors (Lipinski definition) is 4. The van der Waals surface area contributed by atoms with Crippen LogP contribution in [0.5, 0.6) is 11.5 Å². The van der Waals surface area contributed by atoms with Crippen LogP contribution in [0.2, 0.25) is 0 Å². The van der Waals surface area contributed by atoms with Gasteiger partial charge in [0.25, 0.3) is 10.1 Å². The van der Waals surface area contributed by atoms with Crippen molar-refractivity contribution in [2.75, 3.05) is 14.2 Å². The van der Waals surface area contributed by atoms with Gasteiger partial charge in [-0.2, -0.15) is 8.42 Å². The number of rotatable bonds is 3. The van der Waals surface area contributed by atoms with E-state index < -0.39 is 10.1 Å². The predicted octanol–water partition coefficient (Wildman–Crippen LogP) is 3.87. The zero-order chi connectivity index (χ0) is 15.9. The molecule has 0 amide bonds.